The zero-order valence-electron chi connectivity index (χ0n) is 5.26. The summed E-state index contributed by atoms with van der Waals surface area (Å²) in [7, 11) is 3.50. The van der Waals surface area contributed by atoms with Crippen LogP contribution in [0.1, 0.15) is 0 Å². The van der Waals surface area contributed by atoms with Gasteiger partial charge in [-0.15, -0.1) is 0 Å². The fourth-order valence-electron chi connectivity index (χ4n) is 0.372. The lowest BCUT2D eigenvalue weighted by Crippen LogP contribution is -2.36. The van der Waals surface area contributed by atoms with E-state index >= 15 is 0 Å². The highest BCUT2D eigenvalue weighted by Gasteiger charge is 1.82. The van der Waals surface area contributed by atoms with Gasteiger partial charge in [0.2, 0.25) is 0 Å². The van der Waals surface area contributed by atoms with Gasteiger partial charge in [0.25, 0.3) is 0 Å². The van der Waals surface area contributed by atoms with Gasteiger partial charge >= 0.3 is 0 Å². The Morgan fingerprint density at radius 1 is 1.88 bits per heavy atom. The van der Waals surface area contributed by atoms with Crippen LogP contribution in [0.3, 0.4) is 0 Å². The third kappa shape index (κ3) is 3.58. The van der Waals surface area contributed by atoms with Crippen LogP contribution in [0.25, 0.3) is 0 Å². The maximum atomic E-state index is 5.32. The molecule has 0 bridgehead atoms. The van der Waals surface area contributed by atoms with Gasteiger partial charge in [-0.2, -0.15) is 0 Å². The molecule has 8 heavy (non-hydrogen) atoms. The fourth-order valence-corrected chi connectivity index (χ4v) is 0.372. The van der Waals surface area contributed by atoms with E-state index in [-0.39, 0.29) is 0 Å². The molecule has 0 heterocycles. The van der Waals surface area contributed by atoms with Gasteiger partial charge in [-0.3, -0.25) is 10.0 Å². The molecule has 0 aromatic rings. The van der Waals surface area contributed by atoms with E-state index in [0.717, 1.165) is 0 Å². The molecule has 0 rings (SSSR count). The minimum atomic E-state index is 0.622. The molecule has 48 valence electrons. The Morgan fingerprint density at radius 3 is 2.88 bits per heavy atom. The van der Waals surface area contributed by atoms with Crippen molar-refractivity contribution in [2.24, 2.45) is 10.8 Å². The highest BCUT2D eigenvalue weighted by molar-refractivity contribution is 5.53. The number of hydrogen-bond donors (Lipinski definition) is 2. The van der Waals surface area contributed by atoms with E-state index in [4.69, 9.17) is 5.84 Å². The van der Waals surface area contributed by atoms with Crippen molar-refractivity contribution in [2.75, 3.05) is 20.8 Å². The Bertz CT molecular complexity index is 70.4. The molecule has 4 heteroatoms. The first-order valence-corrected chi connectivity index (χ1v) is 2.39. The van der Waals surface area contributed by atoms with Crippen LogP contribution in [0.4, 0.5) is 0 Å². The average molecular weight is 116 g/mol. The number of nitrogens with zero attached hydrogens (tertiary/aromatic N) is 2. The summed E-state index contributed by atoms with van der Waals surface area (Å²) < 4.78 is 0. The van der Waals surface area contributed by atoms with Gasteiger partial charge in [-0.1, -0.05) is 0 Å². The molecule has 4 nitrogen and oxygen atoms in total. The van der Waals surface area contributed by atoms with Crippen molar-refractivity contribution < 1.29 is 0 Å². The van der Waals surface area contributed by atoms with Crippen LogP contribution in [-0.2, 0) is 0 Å². The third-order valence-electron chi connectivity index (χ3n) is 0.604. The maximum Gasteiger partial charge on any atom is 0.0999 e. The van der Waals surface area contributed by atoms with Crippen molar-refractivity contribution in [1.29, 1.82) is 0 Å². The molecule has 0 aliphatic rings. The summed E-state index contributed by atoms with van der Waals surface area (Å²) in [4.78, 5) is 3.69. The van der Waals surface area contributed by atoms with Crippen LogP contribution in [0.15, 0.2) is 4.99 Å². The van der Waals surface area contributed by atoms with E-state index in [1.165, 1.54) is 5.01 Å². The standard InChI is InChI=1S/C4H12N4/c1-6-3-8(5)4-7-2/h3,7H,4-5H2,1-2H3/b6-3-. The first-order valence-electron chi connectivity index (χ1n) is 2.39. The molecule has 0 fully saturated rings. The largest absolute Gasteiger partial charge is 0.302 e. The summed E-state index contributed by atoms with van der Waals surface area (Å²) in [6.07, 6.45) is 1.55. The second-order valence-corrected chi connectivity index (χ2v) is 1.40. The van der Waals surface area contributed by atoms with Gasteiger partial charge in [-0.05, 0) is 7.05 Å². The summed E-state index contributed by atoms with van der Waals surface area (Å²) in [5.74, 6) is 5.32. The third-order valence-corrected chi connectivity index (χ3v) is 0.604. The van der Waals surface area contributed by atoms with E-state index in [1.54, 1.807) is 13.4 Å². The zero-order valence-corrected chi connectivity index (χ0v) is 5.26. The second-order valence-electron chi connectivity index (χ2n) is 1.40. The molecule has 0 radical (unpaired) electrons. The Balaban J connectivity index is 3.17. The van der Waals surface area contributed by atoms with E-state index < -0.39 is 0 Å². The maximum absolute atomic E-state index is 5.32. The van der Waals surface area contributed by atoms with Crippen LogP contribution in [-0.4, -0.2) is 32.1 Å². The monoisotopic (exact) mass is 116 g/mol. The van der Waals surface area contributed by atoms with Gasteiger partial charge in [0, 0.05) is 7.05 Å². The molecule has 0 atom stereocenters. The number of rotatable bonds is 3. The predicted molar refractivity (Wildman–Crippen MR) is 34.4 cm³/mol. The summed E-state index contributed by atoms with van der Waals surface area (Å²) in [5.41, 5.74) is 0. The van der Waals surface area contributed by atoms with Crippen molar-refractivity contribution >= 4 is 6.34 Å². The first-order chi connectivity index (χ1) is 3.81. The number of nitrogens with one attached hydrogen (secondary N) is 1. The number of hydrogen-bond acceptors (Lipinski definition) is 3. The van der Waals surface area contributed by atoms with E-state index in [9.17, 15) is 0 Å². The molecule has 0 aliphatic heterocycles. The normalized spacial score (nSPS) is 10.4. The summed E-state index contributed by atoms with van der Waals surface area (Å²) in [6.45, 7) is 0.622. The lowest BCUT2D eigenvalue weighted by Gasteiger charge is -2.09. The lowest BCUT2D eigenvalue weighted by molar-refractivity contribution is 0.425. The van der Waals surface area contributed by atoms with Crippen molar-refractivity contribution in [3.8, 4) is 0 Å². The Labute approximate surface area is 49.3 Å². The van der Waals surface area contributed by atoms with Crippen molar-refractivity contribution in [2.45, 2.75) is 0 Å². The first kappa shape index (κ1) is 7.39. The lowest BCUT2D eigenvalue weighted by atomic mass is 10.9. The van der Waals surface area contributed by atoms with Crippen LogP contribution < -0.4 is 11.2 Å². The van der Waals surface area contributed by atoms with Gasteiger partial charge in [0.1, 0.15) is 0 Å². The molecule has 0 aromatic heterocycles. The summed E-state index contributed by atoms with van der Waals surface area (Å²) >= 11 is 0. The molecule has 0 unspecified atom stereocenters. The average Bonchev–Trinajstić information content (AvgIpc) is 1.68. The van der Waals surface area contributed by atoms with E-state index in [2.05, 4.69) is 10.3 Å². The number of aliphatic imine (C=N–C) groups is 1. The molecule has 3 N–H and O–H groups in total. The quantitative estimate of drug-likeness (QED) is 0.163. The zero-order chi connectivity index (χ0) is 6.41. The van der Waals surface area contributed by atoms with Crippen LogP contribution >= 0.6 is 0 Å². The number of hydrazine groups is 1. The molecule has 0 saturated heterocycles. The van der Waals surface area contributed by atoms with Gasteiger partial charge < -0.3 is 5.32 Å². The molecule has 0 amide bonds. The predicted octanol–water partition coefficient (Wildman–Crippen LogP) is -1.00. The molecular formula is C4H12N4. The van der Waals surface area contributed by atoms with Crippen molar-refractivity contribution in [3.63, 3.8) is 0 Å². The van der Waals surface area contributed by atoms with Gasteiger partial charge in [0.05, 0.1) is 13.0 Å². The molecule has 0 spiro atoms. The summed E-state index contributed by atoms with van der Waals surface area (Å²) in [5, 5.41) is 4.32. The Hall–Kier alpha value is -0.610. The van der Waals surface area contributed by atoms with Gasteiger partial charge in [-0.25, -0.2) is 5.84 Å². The minimum absolute atomic E-state index is 0.622. The highest BCUT2D eigenvalue weighted by Crippen LogP contribution is 1.62. The smallest absolute Gasteiger partial charge is 0.0999 e. The van der Waals surface area contributed by atoms with Gasteiger partial charge in [0.15, 0.2) is 0 Å². The van der Waals surface area contributed by atoms with Crippen LogP contribution in [0, 0.1) is 0 Å². The Kier molecular flexibility index (Phi) is 4.20. The van der Waals surface area contributed by atoms with Crippen molar-refractivity contribution in [3.05, 3.63) is 0 Å². The topological polar surface area (TPSA) is 53.6 Å². The van der Waals surface area contributed by atoms with Crippen molar-refractivity contribution in [1.82, 2.24) is 10.3 Å². The fraction of sp³-hybridized carbons (Fsp3) is 0.750. The number of nitrogens with two attached hydrogens (primary N) is 1. The molecule has 0 saturated carbocycles. The molecule has 0 aliphatic carbocycles. The second kappa shape index (κ2) is 4.55. The highest BCUT2D eigenvalue weighted by atomic mass is 15.4. The molecule has 0 aromatic carbocycles. The molecular weight excluding hydrogens is 104 g/mol. The van der Waals surface area contributed by atoms with E-state index in [0.29, 0.717) is 6.67 Å². The SMILES string of the molecule is C/N=C\N(N)CNC. The minimum Gasteiger partial charge on any atom is -0.302 e. The van der Waals surface area contributed by atoms with Crippen LogP contribution in [0.2, 0.25) is 0 Å². The Morgan fingerprint density at radius 2 is 2.50 bits per heavy atom. The van der Waals surface area contributed by atoms with Crippen LogP contribution in [0.5, 0.6) is 0 Å². The van der Waals surface area contributed by atoms with E-state index in [1.807, 2.05) is 7.05 Å². The summed E-state index contributed by atoms with van der Waals surface area (Å²) in [6, 6.07) is 0.